The summed E-state index contributed by atoms with van der Waals surface area (Å²) in [7, 11) is 0. The molecule has 4 heterocycles. The van der Waals surface area contributed by atoms with E-state index in [-0.39, 0.29) is 17.3 Å². The Balaban J connectivity index is 0.000000420. The maximum Gasteiger partial charge on any atom is 0.490 e. The third-order valence-electron chi connectivity index (χ3n) is 10.4. The van der Waals surface area contributed by atoms with Gasteiger partial charge in [-0.25, -0.2) is 19.6 Å². The summed E-state index contributed by atoms with van der Waals surface area (Å²) in [6, 6.07) is 17.6. The molecular weight excluding hydrogens is 800 g/mol. The Morgan fingerprint density at radius 2 is 1.40 bits per heavy atom. The number of anilines is 3. The molecule has 0 bridgehead atoms. The zero-order chi connectivity index (χ0) is 43.8. The minimum Gasteiger partial charge on any atom is -0.475 e. The van der Waals surface area contributed by atoms with Crippen LogP contribution < -0.4 is 16.4 Å². The Kier molecular flexibility index (Phi) is 14.4. The maximum absolute atomic E-state index is 13.4. The van der Waals surface area contributed by atoms with Crippen LogP contribution in [-0.2, 0) is 34.5 Å². The number of carboxylic acid groups (broad SMARTS) is 2. The van der Waals surface area contributed by atoms with Gasteiger partial charge in [-0.15, -0.1) is 0 Å². The fourth-order valence-corrected chi connectivity index (χ4v) is 7.48. The molecule has 7 rings (SSSR count). The lowest BCUT2D eigenvalue weighted by Crippen LogP contribution is -2.46. The number of hydrogen-bond donors (Lipinski definition) is 6. The highest BCUT2D eigenvalue weighted by atomic mass is 19.4. The van der Waals surface area contributed by atoms with Crippen molar-refractivity contribution in [1.82, 2.24) is 30.0 Å². The molecule has 60 heavy (non-hydrogen) atoms. The van der Waals surface area contributed by atoms with Gasteiger partial charge in [-0.1, -0.05) is 44.5 Å². The molecule has 0 unspecified atom stereocenters. The van der Waals surface area contributed by atoms with Crippen LogP contribution in [0.3, 0.4) is 0 Å². The number of alkyl halides is 6. The van der Waals surface area contributed by atoms with E-state index in [1.807, 2.05) is 24.3 Å². The van der Waals surface area contributed by atoms with E-state index in [0.717, 1.165) is 46.3 Å². The van der Waals surface area contributed by atoms with Crippen molar-refractivity contribution >= 4 is 35.2 Å². The summed E-state index contributed by atoms with van der Waals surface area (Å²) in [4.78, 5) is 45.1. The van der Waals surface area contributed by atoms with Gasteiger partial charge < -0.3 is 31.5 Å². The van der Waals surface area contributed by atoms with Crippen molar-refractivity contribution in [2.75, 3.05) is 42.5 Å². The van der Waals surface area contributed by atoms with E-state index in [9.17, 15) is 31.1 Å². The Morgan fingerprint density at radius 3 is 1.97 bits per heavy atom. The minimum atomic E-state index is -5.08. The average Bonchev–Trinajstić information content (AvgIpc) is 3.67. The Labute approximate surface area is 341 Å². The standard InChI is InChI=1S/C36H45N9O.2C2HF3O2/c1-36(2)20-26-22-39-35(37)41-31(26)32-30(36)33(43-42-32)34(46)40-28-12-6-24(7-13-28)21-38-27-10-8-25(9-11-27)23-44-18-14-29(15-19-44)45-16-4-3-5-17-45;2*3-2(4,5)1(6)7/h6-13,22,29,38H,3-5,14-21,23H2,1-2H3,(H,40,46)(H,42,43)(H2,37,39,41);2*(H,6,7). The molecule has 2 aromatic carbocycles. The molecule has 20 heteroatoms. The van der Waals surface area contributed by atoms with E-state index in [4.69, 9.17) is 25.5 Å². The van der Waals surface area contributed by atoms with Gasteiger partial charge in [-0.05, 0) is 105 Å². The third kappa shape index (κ3) is 12.2. The van der Waals surface area contributed by atoms with Crippen molar-refractivity contribution in [3.05, 3.63) is 82.7 Å². The second kappa shape index (κ2) is 19.1. The smallest absolute Gasteiger partial charge is 0.475 e. The number of carbonyl (C=O) groups excluding carboxylic acids is 1. The number of rotatable bonds is 8. The number of carboxylic acids is 2. The summed E-state index contributed by atoms with van der Waals surface area (Å²) in [5, 5.41) is 28.2. The highest BCUT2D eigenvalue weighted by molar-refractivity contribution is 6.05. The Bertz CT molecular complexity index is 2070. The van der Waals surface area contributed by atoms with Crippen LogP contribution in [0.15, 0.2) is 54.7 Å². The fourth-order valence-electron chi connectivity index (χ4n) is 7.48. The van der Waals surface area contributed by atoms with E-state index in [1.165, 1.54) is 63.8 Å². The Hall–Kier alpha value is -5.76. The molecule has 0 spiro atoms. The van der Waals surface area contributed by atoms with E-state index < -0.39 is 24.3 Å². The summed E-state index contributed by atoms with van der Waals surface area (Å²) in [5.74, 6) is -5.57. The first-order valence-electron chi connectivity index (χ1n) is 19.2. The first kappa shape index (κ1) is 45.3. The number of hydrogen-bond acceptors (Lipinski definition) is 10. The molecule has 2 aromatic heterocycles. The summed E-state index contributed by atoms with van der Waals surface area (Å²) < 4.78 is 63.5. The van der Waals surface area contributed by atoms with Gasteiger partial charge in [0.05, 0.1) is 11.4 Å². The van der Waals surface area contributed by atoms with E-state index >= 15 is 0 Å². The molecule has 7 N–H and O–H groups in total. The van der Waals surface area contributed by atoms with Gasteiger partial charge in [0.15, 0.2) is 5.69 Å². The minimum absolute atomic E-state index is 0.200. The van der Waals surface area contributed by atoms with Crippen LogP contribution in [0.4, 0.5) is 43.7 Å². The van der Waals surface area contributed by atoms with Gasteiger partial charge in [0.2, 0.25) is 5.95 Å². The monoisotopic (exact) mass is 847 g/mol. The number of fused-ring (bicyclic) bond motifs is 3. The van der Waals surface area contributed by atoms with E-state index in [2.05, 4.69) is 78.7 Å². The molecule has 1 aliphatic carbocycles. The van der Waals surface area contributed by atoms with Gasteiger partial charge in [0, 0.05) is 42.3 Å². The van der Waals surface area contributed by atoms with Gasteiger partial charge in [-0.3, -0.25) is 14.8 Å². The van der Waals surface area contributed by atoms with Crippen LogP contribution in [-0.4, -0.2) is 103 Å². The molecule has 2 aliphatic heterocycles. The number of nitrogens with one attached hydrogen (secondary N) is 3. The number of carbonyl (C=O) groups is 3. The Morgan fingerprint density at radius 1 is 0.850 bits per heavy atom. The number of nitrogens with zero attached hydrogens (tertiary/aromatic N) is 5. The van der Waals surface area contributed by atoms with Crippen LogP contribution in [0, 0.1) is 0 Å². The number of amides is 1. The van der Waals surface area contributed by atoms with Crippen LogP contribution in [0.25, 0.3) is 11.4 Å². The second-order valence-electron chi connectivity index (χ2n) is 15.4. The van der Waals surface area contributed by atoms with Crippen LogP contribution in [0.1, 0.15) is 78.7 Å². The molecule has 4 aromatic rings. The summed E-state index contributed by atoms with van der Waals surface area (Å²) in [5.41, 5.74) is 13.5. The number of aromatic amines is 1. The molecule has 3 aliphatic rings. The number of H-pyrrole nitrogens is 1. The molecule has 324 valence electrons. The lowest BCUT2D eigenvalue weighted by atomic mass is 9.73. The first-order valence-corrected chi connectivity index (χ1v) is 19.2. The quantitative estimate of drug-likeness (QED) is 0.101. The van der Waals surface area contributed by atoms with Gasteiger partial charge >= 0.3 is 24.3 Å². The van der Waals surface area contributed by atoms with Crippen molar-refractivity contribution in [2.45, 2.75) is 89.3 Å². The van der Waals surface area contributed by atoms with Crippen molar-refractivity contribution in [3.63, 3.8) is 0 Å². The van der Waals surface area contributed by atoms with E-state index in [1.54, 1.807) is 6.20 Å². The normalized spacial score (nSPS) is 16.8. The molecule has 14 nitrogen and oxygen atoms in total. The molecule has 0 radical (unpaired) electrons. The van der Waals surface area contributed by atoms with Crippen LogP contribution in [0.2, 0.25) is 0 Å². The number of likely N-dealkylation sites (tertiary alicyclic amines) is 2. The molecule has 0 atom stereocenters. The fraction of sp³-hybridized carbons (Fsp3) is 0.450. The van der Waals surface area contributed by atoms with Crippen molar-refractivity contribution in [3.8, 4) is 11.4 Å². The summed E-state index contributed by atoms with van der Waals surface area (Å²) >= 11 is 0. The first-order chi connectivity index (χ1) is 28.2. The van der Waals surface area contributed by atoms with Crippen LogP contribution >= 0.6 is 0 Å². The van der Waals surface area contributed by atoms with Crippen molar-refractivity contribution < 1.29 is 50.9 Å². The number of aliphatic carboxylic acids is 2. The number of nitrogens with two attached hydrogens (primary N) is 1. The van der Waals surface area contributed by atoms with E-state index in [0.29, 0.717) is 24.4 Å². The highest BCUT2D eigenvalue weighted by Gasteiger charge is 2.40. The predicted molar refractivity (Wildman–Crippen MR) is 210 cm³/mol. The number of aromatic nitrogens is 4. The summed E-state index contributed by atoms with van der Waals surface area (Å²) in [6.45, 7) is 10.9. The second-order valence-corrected chi connectivity index (χ2v) is 15.4. The highest BCUT2D eigenvalue weighted by Crippen LogP contribution is 2.43. The molecule has 2 saturated heterocycles. The lowest BCUT2D eigenvalue weighted by Gasteiger charge is -2.40. The number of benzene rings is 2. The van der Waals surface area contributed by atoms with Crippen molar-refractivity contribution in [1.29, 1.82) is 0 Å². The molecule has 1 amide bonds. The average molecular weight is 848 g/mol. The van der Waals surface area contributed by atoms with Gasteiger partial charge in [0.1, 0.15) is 0 Å². The largest absolute Gasteiger partial charge is 0.490 e. The number of nitrogen functional groups attached to an aromatic ring is 1. The zero-order valence-corrected chi connectivity index (χ0v) is 33.0. The molecule has 0 saturated carbocycles. The summed E-state index contributed by atoms with van der Waals surface area (Å²) in [6.07, 6.45) is -0.961. The van der Waals surface area contributed by atoms with Crippen LogP contribution in [0.5, 0.6) is 0 Å². The number of piperidine rings is 2. The molecule has 2 fully saturated rings. The predicted octanol–water partition coefficient (Wildman–Crippen LogP) is 6.86. The third-order valence-corrected chi connectivity index (χ3v) is 10.4. The van der Waals surface area contributed by atoms with Gasteiger partial charge in [-0.2, -0.15) is 31.4 Å². The number of halogens is 6. The molecular formula is C40H47F6N9O5. The lowest BCUT2D eigenvalue weighted by molar-refractivity contribution is -0.193. The maximum atomic E-state index is 13.4. The van der Waals surface area contributed by atoms with Crippen molar-refractivity contribution in [2.24, 2.45) is 0 Å². The van der Waals surface area contributed by atoms with Gasteiger partial charge in [0.25, 0.3) is 5.91 Å². The zero-order valence-electron chi connectivity index (χ0n) is 33.0. The SMILES string of the molecule is CC1(C)Cc2cnc(N)nc2-c2[nH]nc(C(=O)Nc3ccc(CNc4ccc(CN5CCC(N6CCCCC6)CC5)cc4)cc3)c21.O=C(O)C(F)(F)F.O=C(O)C(F)(F)F. The topological polar surface area (TPSA) is 203 Å².